The quantitative estimate of drug-likeness (QED) is 0.417. The van der Waals surface area contributed by atoms with Gasteiger partial charge >= 0.3 is 5.97 Å². The molecule has 0 saturated heterocycles. The first kappa shape index (κ1) is 21.9. The molecule has 1 aliphatic heterocycles. The van der Waals surface area contributed by atoms with Crippen LogP contribution in [0.15, 0.2) is 82.7 Å². The van der Waals surface area contributed by atoms with Gasteiger partial charge in [-0.15, -0.1) is 0 Å². The van der Waals surface area contributed by atoms with Gasteiger partial charge in [0.25, 0.3) is 5.91 Å². The van der Waals surface area contributed by atoms with Gasteiger partial charge in [-0.3, -0.25) is 19.3 Å². The van der Waals surface area contributed by atoms with Crippen molar-refractivity contribution in [2.75, 3.05) is 11.5 Å². The van der Waals surface area contributed by atoms with Gasteiger partial charge in [0, 0.05) is 5.69 Å². The number of furan rings is 1. The van der Waals surface area contributed by atoms with Crippen molar-refractivity contribution in [3.8, 4) is 5.75 Å². The van der Waals surface area contributed by atoms with Gasteiger partial charge in [0.15, 0.2) is 11.5 Å². The number of aromatic hydroxyl groups is 1. The minimum atomic E-state index is -0.952. The Bertz CT molecular complexity index is 1210. The number of ether oxygens (including phenoxy) is 1. The van der Waals surface area contributed by atoms with Crippen molar-refractivity contribution in [3.05, 3.63) is 95.1 Å². The summed E-state index contributed by atoms with van der Waals surface area (Å²) in [6.45, 7) is 2.01. The van der Waals surface area contributed by atoms with Crippen LogP contribution in [0, 0.1) is 0 Å². The molecule has 0 radical (unpaired) electrons. The molecule has 1 aromatic heterocycles. The second kappa shape index (κ2) is 9.04. The molecule has 2 heterocycles. The first-order chi connectivity index (χ1) is 15.9. The number of ketones is 1. The van der Waals surface area contributed by atoms with E-state index in [0.29, 0.717) is 16.8 Å². The van der Waals surface area contributed by atoms with Gasteiger partial charge in [-0.1, -0.05) is 24.3 Å². The summed E-state index contributed by atoms with van der Waals surface area (Å²) < 4.78 is 10.2. The van der Waals surface area contributed by atoms with E-state index in [9.17, 15) is 24.6 Å². The monoisotopic (exact) mass is 447 g/mol. The van der Waals surface area contributed by atoms with Crippen LogP contribution < -0.4 is 4.90 Å². The van der Waals surface area contributed by atoms with E-state index in [-0.39, 0.29) is 36.1 Å². The smallest absolute Gasteiger partial charge is 0.310 e. The highest BCUT2D eigenvalue weighted by atomic mass is 16.5. The van der Waals surface area contributed by atoms with Crippen LogP contribution >= 0.6 is 0 Å². The Hall–Kier alpha value is -4.33. The third-order valence-corrected chi connectivity index (χ3v) is 5.27. The summed E-state index contributed by atoms with van der Waals surface area (Å²) >= 11 is 0. The number of esters is 1. The lowest BCUT2D eigenvalue weighted by Gasteiger charge is -2.27. The maximum Gasteiger partial charge on any atom is 0.310 e. The Morgan fingerprint density at radius 1 is 1.03 bits per heavy atom. The van der Waals surface area contributed by atoms with Crippen LogP contribution in [0.25, 0.3) is 0 Å². The molecule has 8 nitrogen and oxygen atoms in total. The molecule has 2 aromatic carbocycles. The van der Waals surface area contributed by atoms with Gasteiger partial charge < -0.3 is 19.4 Å². The number of nitrogens with zero attached hydrogens (tertiary/aromatic N) is 1. The summed E-state index contributed by atoms with van der Waals surface area (Å²) in [5.74, 6) is -2.41. The van der Waals surface area contributed by atoms with E-state index in [4.69, 9.17) is 9.15 Å². The lowest BCUT2D eigenvalue weighted by atomic mass is 9.94. The Kier molecular flexibility index (Phi) is 5.99. The van der Waals surface area contributed by atoms with Crippen molar-refractivity contribution in [2.24, 2.45) is 0 Å². The molecular weight excluding hydrogens is 426 g/mol. The average Bonchev–Trinajstić information content (AvgIpc) is 3.42. The highest BCUT2D eigenvalue weighted by molar-refractivity contribution is 6.20. The molecule has 1 unspecified atom stereocenters. The molecule has 1 atom stereocenters. The number of rotatable bonds is 7. The SMILES string of the molecule is CCOC(=O)Cc1ccc(N2C(=O)C(O)=C(C(=O)c3ccco3)C2c2ccc(O)cc2)cc1. The molecule has 3 aromatic rings. The van der Waals surface area contributed by atoms with Gasteiger partial charge in [0.2, 0.25) is 5.78 Å². The first-order valence-electron chi connectivity index (χ1n) is 10.3. The second-order valence-corrected chi connectivity index (χ2v) is 7.39. The highest BCUT2D eigenvalue weighted by Gasteiger charge is 2.45. The Labute approximate surface area is 189 Å². The second-order valence-electron chi connectivity index (χ2n) is 7.39. The van der Waals surface area contributed by atoms with E-state index in [0.717, 1.165) is 0 Å². The van der Waals surface area contributed by atoms with Crippen LogP contribution in [0.4, 0.5) is 5.69 Å². The molecule has 1 amide bonds. The summed E-state index contributed by atoms with van der Waals surface area (Å²) in [6.07, 6.45) is 1.41. The zero-order chi connectivity index (χ0) is 23.5. The van der Waals surface area contributed by atoms with Gasteiger partial charge in [0.1, 0.15) is 5.75 Å². The summed E-state index contributed by atoms with van der Waals surface area (Å²) in [5.41, 5.74) is 1.49. The maximum absolute atomic E-state index is 13.1. The number of carbonyl (C=O) groups is 3. The normalized spacial score (nSPS) is 15.7. The number of Topliss-reactive ketones (excluding diaryl/α,β-unsaturated/α-hetero) is 1. The summed E-state index contributed by atoms with van der Waals surface area (Å²) in [4.78, 5) is 39.3. The molecule has 0 spiro atoms. The van der Waals surface area contributed by atoms with Crippen molar-refractivity contribution in [3.63, 3.8) is 0 Å². The third kappa shape index (κ3) is 4.23. The standard InChI is InChI=1S/C25H21NO7/c1-2-32-20(28)14-15-5-9-17(10-6-15)26-22(16-7-11-18(27)12-8-16)21(24(30)25(26)31)23(29)19-4-3-13-33-19/h3-13,22,27,30H,2,14H2,1H3. The molecule has 2 N–H and O–H groups in total. The molecule has 8 heteroatoms. The molecule has 168 valence electrons. The number of benzene rings is 2. The van der Waals surface area contributed by atoms with Crippen molar-refractivity contribution >= 4 is 23.3 Å². The number of amides is 1. The van der Waals surface area contributed by atoms with E-state index in [1.165, 1.54) is 35.4 Å². The number of hydrogen-bond acceptors (Lipinski definition) is 7. The lowest BCUT2D eigenvalue weighted by molar-refractivity contribution is -0.142. The van der Waals surface area contributed by atoms with E-state index < -0.39 is 23.5 Å². The molecule has 0 bridgehead atoms. The van der Waals surface area contributed by atoms with Crippen LogP contribution in [0.3, 0.4) is 0 Å². The zero-order valence-electron chi connectivity index (χ0n) is 17.7. The Balaban J connectivity index is 1.74. The predicted octanol–water partition coefficient (Wildman–Crippen LogP) is 3.87. The van der Waals surface area contributed by atoms with Crippen LogP contribution in [-0.4, -0.2) is 34.5 Å². The van der Waals surface area contributed by atoms with E-state index >= 15 is 0 Å². The van der Waals surface area contributed by atoms with Gasteiger partial charge in [-0.2, -0.15) is 0 Å². The number of phenols is 1. The number of aliphatic hydroxyl groups excluding tert-OH is 1. The number of carbonyl (C=O) groups excluding carboxylic acids is 3. The fourth-order valence-electron chi connectivity index (χ4n) is 3.77. The summed E-state index contributed by atoms with van der Waals surface area (Å²) in [5, 5.41) is 20.4. The fraction of sp³-hybridized carbons (Fsp3) is 0.160. The fourth-order valence-corrected chi connectivity index (χ4v) is 3.77. The number of anilines is 1. The number of aliphatic hydroxyl groups is 1. The van der Waals surface area contributed by atoms with Crippen LogP contribution in [0.1, 0.15) is 34.6 Å². The highest BCUT2D eigenvalue weighted by Crippen LogP contribution is 2.42. The predicted molar refractivity (Wildman–Crippen MR) is 118 cm³/mol. The van der Waals surface area contributed by atoms with Crippen molar-refractivity contribution < 1.29 is 33.8 Å². The molecule has 0 aliphatic carbocycles. The van der Waals surface area contributed by atoms with Gasteiger partial charge in [0.05, 0.1) is 30.9 Å². The topological polar surface area (TPSA) is 117 Å². The van der Waals surface area contributed by atoms with Gasteiger partial charge in [-0.05, 0) is 54.4 Å². The number of phenolic OH excluding ortho intramolecular Hbond substituents is 1. The zero-order valence-corrected chi connectivity index (χ0v) is 17.7. The Morgan fingerprint density at radius 2 is 1.73 bits per heavy atom. The molecular formula is C25H21NO7. The molecule has 1 aliphatic rings. The summed E-state index contributed by atoms with van der Waals surface area (Å²) in [6, 6.07) is 14.7. The van der Waals surface area contributed by atoms with Crippen molar-refractivity contribution in [1.82, 2.24) is 0 Å². The average molecular weight is 447 g/mol. The van der Waals surface area contributed by atoms with Crippen LogP contribution in [-0.2, 0) is 20.7 Å². The van der Waals surface area contributed by atoms with E-state index in [1.54, 1.807) is 43.3 Å². The van der Waals surface area contributed by atoms with Gasteiger partial charge in [-0.25, -0.2) is 0 Å². The Morgan fingerprint density at radius 3 is 2.33 bits per heavy atom. The summed E-state index contributed by atoms with van der Waals surface area (Å²) in [7, 11) is 0. The maximum atomic E-state index is 13.1. The number of hydrogen-bond donors (Lipinski definition) is 2. The molecule has 4 rings (SSSR count). The van der Waals surface area contributed by atoms with E-state index in [2.05, 4.69) is 0 Å². The van der Waals surface area contributed by atoms with Crippen molar-refractivity contribution in [1.29, 1.82) is 0 Å². The largest absolute Gasteiger partial charge is 0.508 e. The molecule has 0 saturated carbocycles. The lowest BCUT2D eigenvalue weighted by Crippen LogP contribution is -2.31. The minimum Gasteiger partial charge on any atom is -0.508 e. The minimum absolute atomic E-state index is 0.0141. The third-order valence-electron chi connectivity index (χ3n) is 5.27. The van der Waals surface area contributed by atoms with Crippen LogP contribution in [0.5, 0.6) is 5.75 Å². The van der Waals surface area contributed by atoms with Crippen LogP contribution in [0.2, 0.25) is 0 Å². The van der Waals surface area contributed by atoms with E-state index in [1.807, 2.05) is 0 Å². The molecule has 0 fully saturated rings. The molecule has 33 heavy (non-hydrogen) atoms. The first-order valence-corrected chi connectivity index (χ1v) is 10.3. The van der Waals surface area contributed by atoms with Crippen molar-refractivity contribution in [2.45, 2.75) is 19.4 Å².